The molecular formula is C14H19ClN2O4S. The Morgan fingerprint density at radius 2 is 1.95 bits per heavy atom. The predicted octanol–water partition coefficient (Wildman–Crippen LogP) is 1.21. The summed E-state index contributed by atoms with van der Waals surface area (Å²) >= 11 is 5.97. The lowest BCUT2D eigenvalue weighted by atomic mass is 10.3. The Morgan fingerprint density at radius 3 is 2.64 bits per heavy atom. The third-order valence-electron chi connectivity index (χ3n) is 3.46. The third-order valence-corrected chi connectivity index (χ3v) is 5.08. The zero-order valence-corrected chi connectivity index (χ0v) is 13.9. The summed E-state index contributed by atoms with van der Waals surface area (Å²) in [5.74, 6) is 0.292. The van der Waals surface area contributed by atoms with E-state index in [-0.39, 0.29) is 12.5 Å². The van der Waals surface area contributed by atoms with Crippen molar-refractivity contribution in [1.82, 2.24) is 9.21 Å². The quantitative estimate of drug-likeness (QED) is 0.822. The molecule has 6 nitrogen and oxygen atoms in total. The van der Waals surface area contributed by atoms with Gasteiger partial charge in [0.05, 0.1) is 11.3 Å². The van der Waals surface area contributed by atoms with E-state index in [9.17, 15) is 13.2 Å². The number of halogens is 1. The van der Waals surface area contributed by atoms with E-state index in [1.807, 2.05) is 0 Å². The number of hydrogen-bond acceptors (Lipinski definition) is 4. The van der Waals surface area contributed by atoms with Crippen LogP contribution in [0.3, 0.4) is 0 Å². The van der Waals surface area contributed by atoms with Crippen molar-refractivity contribution in [3.63, 3.8) is 0 Å². The first-order valence-electron chi connectivity index (χ1n) is 6.98. The lowest BCUT2D eigenvalue weighted by Crippen LogP contribution is -2.39. The smallest absolute Gasteiger partial charge is 0.260 e. The van der Waals surface area contributed by atoms with Crippen LogP contribution in [0.4, 0.5) is 0 Å². The molecule has 22 heavy (non-hydrogen) atoms. The molecule has 0 spiro atoms. The number of carbonyl (C=O) groups excluding carboxylic acids is 1. The van der Waals surface area contributed by atoms with E-state index in [2.05, 4.69) is 0 Å². The second kappa shape index (κ2) is 7.30. The number of amides is 1. The van der Waals surface area contributed by atoms with Crippen LogP contribution in [-0.4, -0.2) is 62.6 Å². The van der Waals surface area contributed by atoms with E-state index in [4.69, 9.17) is 16.3 Å². The minimum atomic E-state index is -3.21. The van der Waals surface area contributed by atoms with Crippen LogP contribution in [-0.2, 0) is 14.8 Å². The Kier molecular flexibility index (Phi) is 5.66. The maximum Gasteiger partial charge on any atom is 0.260 e. The summed E-state index contributed by atoms with van der Waals surface area (Å²) in [7, 11) is -3.21. The Balaban J connectivity index is 1.89. The van der Waals surface area contributed by atoms with Crippen LogP contribution in [0.15, 0.2) is 24.3 Å². The Bertz CT molecular complexity index is 635. The highest BCUT2D eigenvalue weighted by Crippen LogP contribution is 2.23. The van der Waals surface area contributed by atoms with Gasteiger partial charge < -0.3 is 9.64 Å². The summed E-state index contributed by atoms with van der Waals surface area (Å²) in [6.07, 6.45) is 1.80. The first-order valence-corrected chi connectivity index (χ1v) is 9.21. The van der Waals surface area contributed by atoms with Crippen LogP contribution in [0.5, 0.6) is 5.75 Å². The van der Waals surface area contributed by atoms with E-state index in [0.29, 0.717) is 43.4 Å². The number of hydrogen-bond donors (Lipinski definition) is 0. The lowest BCUT2D eigenvalue weighted by molar-refractivity contribution is -0.133. The molecule has 0 bridgehead atoms. The van der Waals surface area contributed by atoms with Gasteiger partial charge in [-0.1, -0.05) is 23.7 Å². The standard InChI is InChI=1S/C14H19ClN2O4S/c1-22(19,20)17-8-4-7-16(9-10-17)14(18)11-21-13-6-3-2-5-12(13)15/h2-3,5-6H,4,7-11H2,1H3. The molecule has 0 radical (unpaired) electrons. The molecular weight excluding hydrogens is 328 g/mol. The first-order chi connectivity index (χ1) is 10.4. The van der Waals surface area contributed by atoms with Gasteiger partial charge in [0.25, 0.3) is 5.91 Å². The topological polar surface area (TPSA) is 66.9 Å². The van der Waals surface area contributed by atoms with Gasteiger partial charge in [0, 0.05) is 26.2 Å². The second-order valence-corrected chi connectivity index (χ2v) is 7.51. The fourth-order valence-electron chi connectivity index (χ4n) is 2.27. The Morgan fingerprint density at radius 1 is 1.23 bits per heavy atom. The van der Waals surface area contributed by atoms with Crippen LogP contribution >= 0.6 is 11.6 Å². The normalized spacial score (nSPS) is 17.1. The summed E-state index contributed by atoms with van der Waals surface area (Å²) < 4.78 is 29.9. The molecule has 0 aromatic heterocycles. The number of carbonyl (C=O) groups is 1. The fraction of sp³-hybridized carbons (Fsp3) is 0.500. The number of sulfonamides is 1. The molecule has 2 rings (SSSR count). The van der Waals surface area contributed by atoms with Crippen LogP contribution in [0.25, 0.3) is 0 Å². The minimum Gasteiger partial charge on any atom is -0.482 e. The SMILES string of the molecule is CS(=O)(=O)N1CCCN(C(=O)COc2ccccc2Cl)CC1. The molecule has 1 aliphatic rings. The molecule has 8 heteroatoms. The number of nitrogens with zero attached hydrogens (tertiary/aromatic N) is 2. The van der Waals surface area contributed by atoms with Gasteiger partial charge in [-0.25, -0.2) is 12.7 Å². The Labute approximate surface area is 135 Å². The highest BCUT2D eigenvalue weighted by atomic mass is 35.5. The van der Waals surface area contributed by atoms with Crippen molar-refractivity contribution in [1.29, 1.82) is 0 Å². The molecule has 0 aliphatic carbocycles. The van der Waals surface area contributed by atoms with Crippen molar-refractivity contribution >= 4 is 27.5 Å². The molecule has 0 saturated carbocycles. The summed E-state index contributed by atoms with van der Waals surface area (Å²) in [6.45, 7) is 1.54. The van der Waals surface area contributed by atoms with Crippen molar-refractivity contribution in [3.8, 4) is 5.75 Å². The molecule has 0 N–H and O–H groups in total. The second-order valence-electron chi connectivity index (χ2n) is 5.12. The number of para-hydroxylation sites is 1. The predicted molar refractivity (Wildman–Crippen MR) is 84.6 cm³/mol. The summed E-state index contributed by atoms with van der Waals surface area (Å²) in [5, 5.41) is 0.453. The molecule has 1 heterocycles. The summed E-state index contributed by atoms with van der Waals surface area (Å²) in [6, 6.07) is 6.95. The first kappa shape index (κ1) is 17.1. The lowest BCUT2D eigenvalue weighted by Gasteiger charge is -2.21. The number of benzene rings is 1. The van der Waals surface area contributed by atoms with E-state index in [1.165, 1.54) is 10.6 Å². The van der Waals surface area contributed by atoms with Gasteiger partial charge in [-0.15, -0.1) is 0 Å². The van der Waals surface area contributed by atoms with Crippen molar-refractivity contribution in [3.05, 3.63) is 29.3 Å². The average Bonchev–Trinajstić information content (AvgIpc) is 2.71. The van der Waals surface area contributed by atoms with Gasteiger partial charge in [-0.3, -0.25) is 4.79 Å². The maximum atomic E-state index is 12.2. The third kappa shape index (κ3) is 4.59. The summed E-state index contributed by atoms with van der Waals surface area (Å²) in [4.78, 5) is 13.8. The maximum absolute atomic E-state index is 12.2. The number of ether oxygens (including phenoxy) is 1. The van der Waals surface area contributed by atoms with Crippen molar-refractivity contribution in [2.75, 3.05) is 39.0 Å². The molecule has 1 saturated heterocycles. The van der Waals surface area contributed by atoms with Crippen molar-refractivity contribution in [2.45, 2.75) is 6.42 Å². The van der Waals surface area contributed by atoms with Gasteiger partial charge >= 0.3 is 0 Å². The van der Waals surface area contributed by atoms with Crippen molar-refractivity contribution in [2.24, 2.45) is 0 Å². The summed E-state index contributed by atoms with van der Waals surface area (Å²) in [5.41, 5.74) is 0. The molecule has 0 unspecified atom stereocenters. The van der Waals surface area contributed by atoms with E-state index >= 15 is 0 Å². The highest BCUT2D eigenvalue weighted by molar-refractivity contribution is 7.88. The monoisotopic (exact) mass is 346 g/mol. The average molecular weight is 347 g/mol. The molecule has 1 aromatic rings. The van der Waals surface area contributed by atoms with Crippen molar-refractivity contribution < 1.29 is 17.9 Å². The van der Waals surface area contributed by atoms with E-state index in [1.54, 1.807) is 29.2 Å². The molecule has 1 aromatic carbocycles. The zero-order valence-electron chi connectivity index (χ0n) is 12.4. The van der Waals surface area contributed by atoms with Crippen LogP contribution in [0, 0.1) is 0 Å². The molecule has 1 aliphatic heterocycles. The van der Waals surface area contributed by atoms with Gasteiger partial charge in [-0.05, 0) is 18.6 Å². The van der Waals surface area contributed by atoms with Gasteiger partial charge in [0.2, 0.25) is 10.0 Å². The highest BCUT2D eigenvalue weighted by Gasteiger charge is 2.24. The van der Waals surface area contributed by atoms with E-state index in [0.717, 1.165) is 0 Å². The van der Waals surface area contributed by atoms with Gasteiger partial charge in [-0.2, -0.15) is 0 Å². The molecule has 1 fully saturated rings. The van der Waals surface area contributed by atoms with Gasteiger partial charge in [0.15, 0.2) is 6.61 Å². The van der Waals surface area contributed by atoms with Gasteiger partial charge in [0.1, 0.15) is 5.75 Å². The van der Waals surface area contributed by atoms with Crippen LogP contribution in [0.2, 0.25) is 5.02 Å². The molecule has 0 atom stereocenters. The minimum absolute atomic E-state index is 0.109. The fourth-order valence-corrected chi connectivity index (χ4v) is 3.33. The zero-order chi connectivity index (χ0) is 16.2. The Hall–Kier alpha value is -1.31. The van der Waals surface area contributed by atoms with Crippen LogP contribution < -0.4 is 4.74 Å². The molecule has 122 valence electrons. The van der Waals surface area contributed by atoms with E-state index < -0.39 is 10.0 Å². The molecule has 1 amide bonds. The largest absolute Gasteiger partial charge is 0.482 e. The number of rotatable bonds is 4. The van der Waals surface area contributed by atoms with Crippen LogP contribution in [0.1, 0.15) is 6.42 Å².